The molecule has 2 unspecified atom stereocenters. The predicted octanol–water partition coefficient (Wildman–Crippen LogP) is 2.34. The summed E-state index contributed by atoms with van der Waals surface area (Å²) < 4.78 is 0. The molecule has 2 aliphatic rings. The monoisotopic (exact) mass is 153 g/mol. The minimum absolute atomic E-state index is 0.0579. The molecule has 0 N–H and O–H groups in total. The third kappa shape index (κ3) is 0.959. The van der Waals surface area contributed by atoms with E-state index in [0.29, 0.717) is 5.92 Å². The van der Waals surface area contributed by atoms with Gasteiger partial charge < -0.3 is 4.84 Å². The van der Waals surface area contributed by atoms with Crippen molar-refractivity contribution in [3.05, 3.63) is 0 Å². The molecule has 2 heteroatoms. The van der Waals surface area contributed by atoms with Crippen molar-refractivity contribution in [2.75, 3.05) is 0 Å². The van der Waals surface area contributed by atoms with Crippen molar-refractivity contribution in [3.8, 4) is 0 Å². The zero-order valence-corrected chi connectivity index (χ0v) is 7.26. The fourth-order valence-corrected chi connectivity index (χ4v) is 2.30. The van der Waals surface area contributed by atoms with Crippen molar-refractivity contribution < 1.29 is 4.84 Å². The van der Waals surface area contributed by atoms with Crippen LogP contribution < -0.4 is 0 Å². The summed E-state index contributed by atoms with van der Waals surface area (Å²) in [6, 6.07) is 0. The van der Waals surface area contributed by atoms with Crippen molar-refractivity contribution in [1.29, 1.82) is 0 Å². The summed E-state index contributed by atoms with van der Waals surface area (Å²) in [4.78, 5) is 5.44. The molecule has 2 nitrogen and oxygen atoms in total. The summed E-state index contributed by atoms with van der Waals surface area (Å²) in [5.74, 6) is 0.608. The van der Waals surface area contributed by atoms with E-state index in [2.05, 4.69) is 19.0 Å². The average molecular weight is 153 g/mol. The largest absolute Gasteiger partial charge is 0.389 e. The normalized spacial score (nSPS) is 42.7. The van der Waals surface area contributed by atoms with Crippen LogP contribution in [0.4, 0.5) is 0 Å². The first-order chi connectivity index (χ1) is 5.22. The molecule has 0 saturated heterocycles. The molecule has 2 rings (SSSR count). The third-order valence-electron chi connectivity index (χ3n) is 3.06. The Balaban J connectivity index is 2.20. The molecule has 0 aromatic heterocycles. The molecule has 0 bridgehead atoms. The minimum Gasteiger partial charge on any atom is -0.389 e. The standard InChI is InChI=1S/C9H15NO/c1-7-8-5-3-4-6-9(8,2)11-10-7/h8H,3-6H2,1-2H3. The van der Waals surface area contributed by atoms with E-state index in [4.69, 9.17) is 4.84 Å². The van der Waals surface area contributed by atoms with E-state index in [9.17, 15) is 0 Å². The number of nitrogens with zero attached hydrogens (tertiary/aromatic N) is 1. The van der Waals surface area contributed by atoms with Gasteiger partial charge in [-0.25, -0.2) is 0 Å². The maximum absolute atomic E-state index is 5.44. The van der Waals surface area contributed by atoms with Crippen molar-refractivity contribution in [1.82, 2.24) is 0 Å². The average Bonchev–Trinajstić information content (AvgIpc) is 2.29. The summed E-state index contributed by atoms with van der Waals surface area (Å²) >= 11 is 0. The lowest BCUT2D eigenvalue weighted by Gasteiger charge is -2.33. The van der Waals surface area contributed by atoms with Gasteiger partial charge in [0.1, 0.15) is 5.60 Å². The maximum Gasteiger partial charge on any atom is 0.143 e. The Morgan fingerprint density at radius 2 is 2.36 bits per heavy atom. The zero-order chi connectivity index (χ0) is 7.90. The van der Waals surface area contributed by atoms with E-state index >= 15 is 0 Å². The van der Waals surface area contributed by atoms with Gasteiger partial charge in [-0.2, -0.15) is 0 Å². The molecular weight excluding hydrogens is 138 g/mol. The highest BCUT2D eigenvalue weighted by molar-refractivity contribution is 5.86. The van der Waals surface area contributed by atoms with Gasteiger partial charge in [0, 0.05) is 5.92 Å². The summed E-state index contributed by atoms with van der Waals surface area (Å²) in [7, 11) is 0. The van der Waals surface area contributed by atoms with Crippen LogP contribution in [0.5, 0.6) is 0 Å². The predicted molar refractivity (Wildman–Crippen MR) is 44.6 cm³/mol. The molecule has 0 aromatic rings. The lowest BCUT2D eigenvalue weighted by atomic mass is 9.75. The van der Waals surface area contributed by atoms with Crippen LogP contribution in [-0.4, -0.2) is 11.3 Å². The fraction of sp³-hybridized carbons (Fsp3) is 0.889. The van der Waals surface area contributed by atoms with Crippen LogP contribution in [0.2, 0.25) is 0 Å². The van der Waals surface area contributed by atoms with E-state index < -0.39 is 0 Å². The van der Waals surface area contributed by atoms with Gasteiger partial charge in [0.25, 0.3) is 0 Å². The van der Waals surface area contributed by atoms with Crippen LogP contribution in [0, 0.1) is 5.92 Å². The van der Waals surface area contributed by atoms with E-state index in [0.717, 1.165) is 0 Å². The maximum atomic E-state index is 5.44. The Kier molecular flexibility index (Phi) is 1.44. The van der Waals surface area contributed by atoms with Gasteiger partial charge in [0.2, 0.25) is 0 Å². The molecule has 0 spiro atoms. The van der Waals surface area contributed by atoms with Gasteiger partial charge in [0.15, 0.2) is 0 Å². The zero-order valence-electron chi connectivity index (χ0n) is 7.26. The SMILES string of the molecule is CC1=NOC2(C)CCCCC12. The molecule has 2 atom stereocenters. The quantitative estimate of drug-likeness (QED) is 0.523. The van der Waals surface area contributed by atoms with Crippen molar-refractivity contribution >= 4 is 5.71 Å². The van der Waals surface area contributed by atoms with E-state index in [1.54, 1.807) is 0 Å². The van der Waals surface area contributed by atoms with Crippen LogP contribution in [0.25, 0.3) is 0 Å². The Morgan fingerprint density at radius 3 is 3.09 bits per heavy atom. The Labute approximate surface area is 67.6 Å². The van der Waals surface area contributed by atoms with Crippen LogP contribution in [-0.2, 0) is 4.84 Å². The van der Waals surface area contributed by atoms with Gasteiger partial charge >= 0.3 is 0 Å². The lowest BCUT2D eigenvalue weighted by molar-refractivity contribution is -0.0505. The third-order valence-corrected chi connectivity index (χ3v) is 3.06. The first kappa shape index (κ1) is 7.14. The molecule has 0 amide bonds. The first-order valence-corrected chi connectivity index (χ1v) is 4.45. The summed E-state index contributed by atoms with van der Waals surface area (Å²) in [5.41, 5.74) is 1.26. The van der Waals surface area contributed by atoms with Crippen molar-refractivity contribution in [3.63, 3.8) is 0 Å². The number of rotatable bonds is 0. The highest BCUT2D eigenvalue weighted by Gasteiger charge is 2.44. The van der Waals surface area contributed by atoms with Crippen LogP contribution in [0.3, 0.4) is 0 Å². The Hall–Kier alpha value is -0.530. The van der Waals surface area contributed by atoms with Crippen molar-refractivity contribution in [2.24, 2.45) is 11.1 Å². The molecule has 1 fully saturated rings. The van der Waals surface area contributed by atoms with Gasteiger partial charge in [-0.1, -0.05) is 11.6 Å². The highest BCUT2D eigenvalue weighted by atomic mass is 16.7. The van der Waals surface area contributed by atoms with Gasteiger partial charge in [0.05, 0.1) is 5.71 Å². The topological polar surface area (TPSA) is 21.6 Å². The number of hydrogen-bond donors (Lipinski definition) is 0. The molecule has 1 heterocycles. The van der Waals surface area contributed by atoms with Crippen LogP contribution in [0.1, 0.15) is 39.5 Å². The lowest BCUT2D eigenvalue weighted by Crippen LogP contribution is -2.37. The second kappa shape index (κ2) is 2.23. The molecule has 11 heavy (non-hydrogen) atoms. The second-order valence-electron chi connectivity index (χ2n) is 3.93. The first-order valence-electron chi connectivity index (χ1n) is 4.45. The summed E-state index contributed by atoms with van der Waals surface area (Å²) in [6.07, 6.45) is 5.09. The Bertz CT molecular complexity index is 200. The van der Waals surface area contributed by atoms with Crippen LogP contribution in [0.15, 0.2) is 5.16 Å². The fourth-order valence-electron chi connectivity index (χ4n) is 2.30. The minimum atomic E-state index is 0.0579. The van der Waals surface area contributed by atoms with E-state index in [1.807, 2.05) is 0 Å². The van der Waals surface area contributed by atoms with Gasteiger partial charge in [-0.15, -0.1) is 0 Å². The van der Waals surface area contributed by atoms with Crippen LogP contribution >= 0.6 is 0 Å². The van der Waals surface area contributed by atoms with Crippen molar-refractivity contribution in [2.45, 2.75) is 45.1 Å². The highest BCUT2D eigenvalue weighted by Crippen LogP contribution is 2.41. The summed E-state index contributed by atoms with van der Waals surface area (Å²) in [5, 5.41) is 4.07. The molecular formula is C9H15NO. The molecule has 0 radical (unpaired) electrons. The number of hydrogen-bond acceptors (Lipinski definition) is 2. The number of oxime groups is 1. The molecule has 0 aromatic carbocycles. The smallest absolute Gasteiger partial charge is 0.143 e. The van der Waals surface area contributed by atoms with Gasteiger partial charge in [-0.05, 0) is 33.1 Å². The van der Waals surface area contributed by atoms with E-state index in [1.165, 1.54) is 31.4 Å². The second-order valence-corrected chi connectivity index (χ2v) is 3.93. The molecule has 1 aliphatic heterocycles. The van der Waals surface area contributed by atoms with Gasteiger partial charge in [-0.3, -0.25) is 0 Å². The Morgan fingerprint density at radius 1 is 1.55 bits per heavy atom. The summed E-state index contributed by atoms with van der Waals surface area (Å²) in [6.45, 7) is 4.28. The van der Waals surface area contributed by atoms with E-state index in [-0.39, 0.29) is 5.60 Å². The molecule has 1 aliphatic carbocycles. The number of fused-ring (bicyclic) bond motifs is 1. The molecule has 1 saturated carbocycles. The molecule has 62 valence electrons.